The molecule has 9 nitrogen and oxygen atoms in total. The molecular weight excluding hydrogens is 576 g/mol. The molecule has 244 valence electrons. The molecule has 6 rings (SSSR count). The van der Waals surface area contributed by atoms with Crippen molar-refractivity contribution in [1.29, 1.82) is 0 Å². The molecule has 2 aliphatic carbocycles. The zero-order valence-corrected chi connectivity index (χ0v) is 27.8. The lowest BCUT2D eigenvalue weighted by atomic mass is 9.94. The Balaban J connectivity index is 1.26. The van der Waals surface area contributed by atoms with E-state index in [0.717, 1.165) is 91.5 Å². The van der Waals surface area contributed by atoms with Crippen LogP contribution in [0.25, 0.3) is 11.1 Å². The first-order valence-electron chi connectivity index (χ1n) is 17.2. The van der Waals surface area contributed by atoms with Gasteiger partial charge in [-0.15, -0.1) is 0 Å². The number of piperazine rings is 1. The van der Waals surface area contributed by atoms with E-state index >= 15 is 0 Å². The lowest BCUT2D eigenvalue weighted by molar-refractivity contribution is -0.122. The molecule has 2 saturated carbocycles. The molecule has 2 aromatic rings. The van der Waals surface area contributed by atoms with E-state index in [1.807, 2.05) is 50.1 Å². The normalized spacial score (nSPS) is 20.8. The summed E-state index contributed by atoms with van der Waals surface area (Å²) in [6.45, 7) is 13.6. The number of hydrogen-bond acceptors (Lipinski definition) is 6. The van der Waals surface area contributed by atoms with Crippen molar-refractivity contribution in [2.45, 2.75) is 66.2 Å². The van der Waals surface area contributed by atoms with Crippen LogP contribution in [0.3, 0.4) is 0 Å². The van der Waals surface area contributed by atoms with Crippen molar-refractivity contribution in [3.05, 3.63) is 53.2 Å². The highest BCUT2D eigenvalue weighted by Gasteiger charge is 2.31. The maximum atomic E-state index is 13.8. The van der Waals surface area contributed by atoms with Crippen molar-refractivity contribution in [1.82, 2.24) is 15.2 Å². The maximum absolute atomic E-state index is 13.8. The van der Waals surface area contributed by atoms with Crippen LogP contribution in [0, 0.1) is 24.7 Å². The Morgan fingerprint density at radius 3 is 2.35 bits per heavy atom. The molecule has 1 N–H and O–H groups in total. The van der Waals surface area contributed by atoms with Crippen molar-refractivity contribution in [2.24, 2.45) is 22.7 Å². The Morgan fingerprint density at radius 2 is 1.72 bits per heavy atom. The summed E-state index contributed by atoms with van der Waals surface area (Å²) in [6, 6.07) is 8.06. The number of amides is 3. The standard InChI is InChI=1S/C37H48N6O3/c1-5-43(37(46)28-8-6-7-9-28)33-20-30(19-31(26(33)4)35(44)39-22-32-24(2)18-25(3)40-36(32)45)29-12-13-34(38-21-29)42-16-14-41(15-17-42)23-27-10-11-27/h12-13,18-21,27-28,32H,5-11,14-17,22-23H2,1-4H3,(H,39,44). The average molecular weight is 625 g/mol. The van der Waals surface area contributed by atoms with E-state index < -0.39 is 5.92 Å². The van der Waals surface area contributed by atoms with Crippen LogP contribution in [0.15, 0.2) is 47.1 Å². The van der Waals surface area contributed by atoms with E-state index in [1.165, 1.54) is 19.4 Å². The van der Waals surface area contributed by atoms with Gasteiger partial charge in [0, 0.05) is 80.5 Å². The minimum absolute atomic E-state index is 0.0158. The molecule has 9 heteroatoms. The molecule has 3 fully saturated rings. The number of carbonyl (C=O) groups is 3. The van der Waals surface area contributed by atoms with E-state index in [4.69, 9.17) is 4.98 Å². The predicted molar refractivity (Wildman–Crippen MR) is 183 cm³/mol. The first kappa shape index (κ1) is 32.1. The second-order valence-corrected chi connectivity index (χ2v) is 13.6. The van der Waals surface area contributed by atoms with Gasteiger partial charge in [0.25, 0.3) is 11.8 Å². The molecule has 2 aliphatic heterocycles. The Bertz CT molecular complexity index is 1530. The molecule has 1 saturated heterocycles. The summed E-state index contributed by atoms with van der Waals surface area (Å²) in [4.78, 5) is 55.9. The number of aromatic nitrogens is 1. The SMILES string of the molecule is CCN(C(=O)C1CCCC1)c1cc(-c2ccc(N3CCN(CC4CC4)CC3)nc2)cc(C(=O)NCC2C(=O)N=C(C)C=C2C)c1C. The van der Waals surface area contributed by atoms with Crippen LogP contribution in [0.5, 0.6) is 0 Å². The molecule has 1 aromatic heterocycles. The summed E-state index contributed by atoms with van der Waals surface area (Å²) in [7, 11) is 0. The number of aliphatic imine (C=N–C) groups is 1. The summed E-state index contributed by atoms with van der Waals surface area (Å²) < 4.78 is 0. The van der Waals surface area contributed by atoms with Crippen LogP contribution in [-0.4, -0.2) is 79.1 Å². The van der Waals surface area contributed by atoms with Gasteiger partial charge in [-0.25, -0.2) is 9.98 Å². The van der Waals surface area contributed by atoms with Crippen LogP contribution in [-0.2, 0) is 9.59 Å². The highest BCUT2D eigenvalue weighted by Crippen LogP contribution is 2.35. The smallest absolute Gasteiger partial charge is 0.254 e. The molecule has 3 amide bonds. The van der Waals surface area contributed by atoms with Gasteiger partial charge in [0.2, 0.25) is 5.91 Å². The van der Waals surface area contributed by atoms with Gasteiger partial charge >= 0.3 is 0 Å². The molecule has 1 unspecified atom stereocenters. The third-order valence-corrected chi connectivity index (χ3v) is 10.2. The fraction of sp³-hybridized carbons (Fsp3) is 0.541. The largest absolute Gasteiger partial charge is 0.354 e. The number of dihydropyridines is 1. The Morgan fingerprint density at radius 1 is 0.978 bits per heavy atom. The summed E-state index contributed by atoms with van der Waals surface area (Å²) in [6.07, 6.45) is 10.5. The Kier molecular flexibility index (Phi) is 9.68. The van der Waals surface area contributed by atoms with Crippen LogP contribution < -0.4 is 15.1 Å². The van der Waals surface area contributed by atoms with E-state index in [0.29, 0.717) is 17.8 Å². The quantitative estimate of drug-likeness (QED) is 0.379. The lowest BCUT2D eigenvalue weighted by Gasteiger charge is -2.35. The number of rotatable bonds is 10. The lowest BCUT2D eigenvalue weighted by Crippen LogP contribution is -2.47. The number of benzene rings is 1. The predicted octanol–water partition coefficient (Wildman–Crippen LogP) is 5.43. The molecule has 0 spiro atoms. The fourth-order valence-corrected chi connectivity index (χ4v) is 7.24. The minimum atomic E-state index is -0.487. The second kappa shape index (κ2) is 13.9. The van der Waals surface area contributed by atoms with Crippen LogP contribution in [0.4, 0.5) is 11.5 Å². The van der Waals surface area contributed by atoms with Crippen molar-refractivity contribution in [2.75, 3.05) is 55.6 Å². The van der Waals surface area contributed by atoms with E-state index in [2.05, 4.69) is 32.2 Å². The summed E-state index contributed by atoms with van der Waals surface area (Å²) in [5.74, 6) is 1.01. The summed E-state index contributed by atoms with van der Waals surface area (Å²) in [5, 5.41) is 3.00. The monoisotopic (exact) mass is 624 g/mol. The van der Waals surface area contributed by atoms with Crippen molar-refractivity contribution in [3.8, 4) is 11.1 Å². The topological polar surface area (TPSA) is 98.2 Å². The fourth-order valence-electron chi connectivity index (χ4n) is 7.24. The van der Waals surface area contributed by atoms with Crippen molar-refractivity contribution in [3.63, 3.8) is 0 Å². The van der Waals surface area contributed by atoms with E-state index in [-0.39, 0.29) is 30.2 Å². The van der Waals surface area contributed by atoms with Gasteiger partial charge in [0.15, 0.2) is 0 Å². The maximum Gasteiger partial charge on any atom is 0.254 e. The number of hydrogen-bond donors (Lipinski definition) is 1. The van der Waals surface area contributed by atoms with E-state index in [1.54, 1.807) is 6.92 Å². The minimum Gasteiger partial charge on any atom is -0.354 e. The molecule has 1 aromatic carbocycles. The molecule has 46 heavy (non-hydrogen) atoms. The van der Waals surface area contributed by atoms with Crippen LogP contribution >= 0.6 is 0 Å². The van der Waals surface area contributed by atoms with Gasteiger partial charge in [-0.2, -0.15) is 0 Å². The molecule has 3 heterocycles. The molecular formula is C37H48N6O3. The van der Waals surface area contributed by atoms with Crippen molar-refractivity contribution < 1.29 is 14.4 Å². The third kappa shape index (κ3) is 7.09. The average Bonchev–Trinajstić information content (AvgIpc) is 3.69. The van der Waals surface area contributed by atoms with Gasteiger partial charge in [0.1, 0.15) is 5.82 Å². The van der Waals surface area contributed by atoms with Crippen LogP contribution in [0.1, 0.15) is 75.2 Å². The van der Waals surface area contributed by atoms with Crippen LogP contribution in [0.2, 0.25) is 0 Å². The highest BCUT2D eigenvalue weighted by atomic mass is 16.2. The molecule has 1 atom stereocenters. The number of nitrogens with one attached hydrogen (secondary N) is 1. The molecule has 0 bridgehead atoms. The number of allylic oxidation sites excluding steroid dienone is 1. The van der Waals surface area contributed by atoms with Gasteiger partial charge in [-0.1, -0.05) is 18.4 Å². The number of carbonyl (C=O) groups excluding carboxylic acids is 3. The number of anilines is 2. The molecule has 4 aliphatic rings. The highest BCUT2D eigenvalue weighted by molar-refractivity contribution is 6.06. The number of nitrogens with zero attached hydrogens (tertiary/aromatic N) is 5. The zero-order chi connectivity index (χ0) is 32.4. The van der Waals surface area contributed by atoms with Gasteiger partial charge in [-0.3, -0.25) is 19.3 Å². The summed E-state index contributed by atoms with van der Waals surface area (Å²) in [5.41, 5.74) is 5.29. The number of pyridine rings is 1. The third-order valence-electron chi connectivity index (χ3n) is 10.2. The molecule has 0 radical (unpaired) electrons. The van der Waals surface area contributed by atoms with Gasteiger partial charge in [0.05, 0.1) is 5.92 Å². The first-order chi connectivity index (χ1) is 22.2. The van der Waals surface area contributed by atoms with Gasteiger partial charge < -0.3 is 15.1 Å². The van der Waals surface area contributed by atoms with Gasteiger partial charge in [-0.05, 0) is 101 Å². The first-order valence-corrected chi connectivity index (χ1v) is 17.2. The second-order valence-electron chi connectivity index (χ2n) is 13.6. The Labute approximate surface area is 273 Å². The summed E-state index contributed by atoms with van der Waals surface area (Å²) >= 11 is 0. The van der Waals surface area contributed by atoms with E-state index in [9.17, 15) is 14.4 Å². The van der Waals surface area contributed by atoms with Crippen molar-refractivity contribution >= 4 is 34.9 Å². The Hall–Kier alpha value is -3.85. The zero-order valence-electron chi connectivity index (χ0n) is 27.8.